The molecule has 1 aromatic rings. The molecule has 1 aliphatic carbocycles. The number of aromatic nitrogens is 3. The molecule has 6 heteroatoms. The third kappa shape index (κ3) is 2.23. The van der Waals surface area contributed by atoms with Crippen LogP contribution in [0.1, 0.15) is 33.1 Å². The number of halogens is 1. The Morgan fingerprint density at radius 3 is 2.72 bits per heavy atom. The molecule has 5 nitrogen and oxygen atoms in total. The van der Waals surface area contributed by atoms with Gasteiger partial charge in [-0.1, -0.05) is 0 Å². The highest BCUT2D eigenvalue weighted by molar-refractivity contribution is 6.28. The fourth-order valence-corrected chi connectivity index (χ4v) is 3.03. The van der Waals surface area contributed by atoms with Crippen molar-refractivity contribution in [3.8, 4) is 6.01 Å². The molecule has 2 atom stereocenters. The smallest absolute Gasteiger partial charge is 0.322 e. The standard InChI is InChI=1S/C12H17ClN4O/c1-7(2)18-12-15-10(13)14-11(16-12)17-6-8-3-4-9(17)5-8/h7-9H,3-6H2,1-2H3. The number of nitrogens with zero attached hydrogens (tertiary/aromatic N) is 4. The van der Waals surface area contributed by atoms with Crippen molar-refractivity contribution in [1.29, 1.82) is 0 Å². The zero-order valence-electron chi connectivity index (χ0n) is 10.6. The van der Waals surface area contributed by atoms with Crippen molar-refractivity contribution >= 4 is 17.5 Å². The molecule has 2 unspecified atom stereocenters. The van der Waals surface area contributed by atoms with Crippen LogP contribution in [0.2, 0.25) is 5.28 Å². The molecule has 3 rings (SSSR count). The molecule has 1 saturated heterocycles. The number of hydrogen-bond donors (Lipinski definition) is 0. The van der Waals surface area contributed by atoms with Crippen LogP contribution in [0.5, 0.6) is 6.01 Å². The lowest BCUT2D eigenvalue weighted by atomic mass is 10.1. The lowest BCUT2D eigenvalue weighted by molar-refractivity contribution is 0.221. The minimum Gasteiger partial charge on any atom is -0.461 e. The van der Waals surface area contributed by atoms with Gasteiger partial charge in [0.1, 0.15) is 0 Å². The monoisotopic (exact) mass is 268 g/mol. The van der Waals surface area contributed by atoms with Gasteiger partial charge in [0.05, 0.1) is 6.10 Å². The summed E-state index contributed by atoms with van der Waals surface area (Å²) in [5, 5.41) is 0.207. The Labute approximate surface area is 112 Å². The Hall–Kier alpha value is -1.10. The summed E-state index contributed by atoms with van der Waals surface area (Å²) in [5.74, 6) is 1.46. The van der Waals surface area contributed by atoms with E-state index in [1.165, 1.54) is 19.3 Å². The van der Waals surface area contributed by atoms with E-state index in [1.54, 1.807) is 0 Å². The maximum absolute atomic E-state index is 5.95. The van der Waals surface area contributed by atoms with Gasteiger partial charge < -0.3 is 9.64 Å². The van der Waals surface area contributed by atoms with Gasteiger partial charge in [0.2, 0.25) is 11.2 Å². The number of fused-ring (bicyclic) bond motifs is 2. The summed E-state index contributed by atoms with van der Waals surface area (Å²) in [5.41, 5.74) is 0. The number of rotatable bonds is 3. The molecule has 1 aromatic heterocycles. The first-order valence-electron chi connectivity index (χ1n) is 6.46. The minimum atomic E-state index is 0.0337. The van der Waals surface area contributed by atoms with E-state index >= 15 is 0 Å². The van der Waals surface area contributed by atoms with Gasteiger partial charge in [-0.2, -0.15) is 15.0 Å². The molecule has 18 heavy (non-hydrogen) atoms. The summed E-state index contributed by atoms with van der Waals surface area (Å²) in [7, 11) is 0. The number of hydrogen-bond acceptors (Lipinski definition) is 5. The summed E-state index contributed by atoms with van der Waals surface area (Å²) in [6, 6.07) is 0.892. The lowest BCUT2D eigenvalue weighted by Crippen LogP contribution is -2.33. The van der Waals surface area contributed by atoms with Crippen LogP contribution in [0.4, 0.5) is 5.95 Å². The Kier molecular flexibility index (Phi) is 3.01. The first kappa shape index (κ1) is 12.0. The van der Waals surface area contributed by atoms with Crippen LogP contribution in [-0.4, -0.2) is 33.6 Å². The van der Waals surface area contributed by atoms with Crippen molar-refractivity contribution in [2.24, 2.45) is 5.92 Å². The van der Waals surface area contributed by atoms with Crippen LogP contribution < -0.4 is 9.64 Å². The third-order valence-electron chi connectivity index (χ3n) is 3.58. The summed E-state index contributed by atoms with van der Waals surface area (Å²) in [4.78, 5) is 14.8. The molecule has 0 spiro atoms. The van der Waals surface area contributed by atoms with Crippen molar-refractivity contribution in [3.63, 3.8) is 0 Å². The molecule has 98 valence electrons. The van der Waals surface area contributed by atoms with E-state index in [2.05, 4.69) is 19.9 Å². The average molecular weight is 269 g/mol. The first-order chi connectivity index (χ1) is 8.61. The highest BCUT2D eigenvalue weighted by Crippen LogP contribution is 2.39. The number of piperidine rings is 1. The SMILES string of the molecule is CC(C)Oc1nc(Cl)nc(N2CC3CCC2C3)n1. The summed E-state index contributed by atoms with van der Waals surface area (Å²) >= 11 is 5.95. The van der Waals surface area contributed by atoms with Crippen LogP contribution in [0, 0.1) is 5.92 Å². The van der Waals surface area contributed by atoms with Crippen LogP contribution in [-0.2, 0) is 0 Å². The van der Waals surface area contributed by atoms with Gasteiger partial charge in [0.15, 0.2) is 0 Å². The van der Waals surface area contributed by atoms with Gasteiger partial charge >= 0.3 is 6.01 Å². The molecule has 0 amide bonds. The van der Waals surface area contributed by atoms with Crippen molar-refractivity contribution in [1.82, 2.24) is 15.0 Å². The number of ether oxygens (including phenoxy) is 1. The zero-order chi connectivity index (χ0) is 12.7. The molecular formula is C12H17ClN4O. The quantitative estimate of drug-likeness (QED) is 0.842. The topological polar surface area (TPSA) is 51.1 Å². The van der Waals surface area contributed by atoms with Crippen molar-refractivity contribution in [3.05, 3.63) is 5.28 Å². The fraction of sp³-hybridized carbons (Fsp3) is 0.750. The Morgan fingerprint density at radius 1 is 1.28 bits per heavy atom. The largest absolute Gasteiger partial charge is 0.461 e. The van der Waals surface area contributed by atoms with E-state index in [9.17, 15) is 0 Å². The van der Waals surface area contributed by atoms with Crippen LogP contribution in [0.15, 0.2) is 0 Å². The predicted octanol–water partition coefficient (Wildman–Crippen LogP) is 2.30. The Balaban J connectivity index is 1.85. The maximum Gasteiger partial charge on any atom is 0.322 e. The molecule has 0 N–H and O–H groups in total. The van der Waals surface area contributed by atoms with E-state index in [0.29, 0.717) is 18.0 Å². The normalized spacial score (nSPS) is 26.1. The zero-order valence-corrected chi connectivity index (χ0v) is 11.4. The van der Waals surface area contributed by atoms with Gasteiger partial charge in [0.25, 0.3) is 0 Å². The molecule has 2 aliphatic rings. The summed E-state index contributed by atoms with van der Waals surface area (Å²) in [6.45, 7) is 4.91. The second kappa shape index (κ2) is 4.53. The Morgan fingerprint density at radius 2 is 2.11 bits per heavy atom. The van der Waals surface area contributed by atoms with E-state index < -0.39 is 0 Å². The second-order valence-corrected chi connectivity index (χ2v) is 5.68. The van der Waals surface area contributed by atoms with Crippen LogP contribution in [0.3, 0.4) is 0 Å². The van der Waals surface area contributed by atoms with E-state index in [-0.39, 0.29) is 11.4 Å². The van der Waals surface area contributed by atoms with E-state index in [1.807, 2.05) is 13.8 Å². The molecular weight excluding hydrogens is 252 g/mol. The highest BCUT2D eigenvalue weighted by Gasteiger charge is 2.39. The maximum atomic E-state index is 5.95. The Bertz CT molecular complexity index is 454. The van der Waals surface area contributed by atoms with Gasteiger partial charge in [-0.15, -0.1) is 0 Å². The van der Waals surface area contributed by atoms with Gasteiger partial charge in [-0.25, -0.2) is 0 Å². The molecule has 1 aliphatic heterocycles. The summed E-state index contributed by atoms with van der Waals surface area (Å²) in [6.07, 6.45) is 3.85. The average Bonchev–Trinajstić information content (AvgIpc) is 2.88. The van der Waals surface area contributed by atoms with Gasteiger partial charge in [0, 0.05) is 12.6 Å². The molecule has 1 saturated carbocycles. The first-order valence-corrected chi connectivity index (χ1v) is 6.84. The molecule has 2 bridgehead atoms. The van der Waals surface area contributed by atoms with E-state index in [0.717, 1.165) is 12.5 Å². The fourth-order valence-electron chi connectivity index (χ4n) is 2.88. The second-order valence-electron chi connectivity index (χ2n) is 5.34. The highest BCUT2D eigenvalue weighted by atomic mass is 35.5. The molecule has 2 heterocycles. The lowest BCUT2D eigenvalue weighted by Gasteiger charge is -2.26. The molecule has 0 aromatic carbocycles. The third-order valence-corrected chi connectivity index (χ3v) is 3.75. The van der Waals surface area contributed by atoms with Crippen molar-refractivity contribution < 1.29 is 4.74 Å². The minimum absolute atomic E-state index is 0.0337. The molecule has 2 fully saturated rings. The van der Waals surface area contributed by atoms with Gasteiger partial charge in [-0.05, 0) is 50.6 Å². The van der Waals surface area contributed by atoms with Crippen molar-refractivity contribution in [2.45, 2.75) is 45.3 Å². The van der Waals surface area contributed by atoms with Crippen LogP contribution >= 0.6 is 11.6 Å². The van der Waals surface area contributed by atoms with Crippen LogP contribution in [0.25, 0.3) is 0 Å². The predicted molar refractivity (Wildman–Crippen MR) is 69.1 cm³/mol. The summed E-state index contributed by atoms with van der Waals surface area (Å²) < 4.78 is 5.50. The van der Waals surface area contributed by atoms with E-state index in [4.69, 9.17) is 16.3 Å². The number of anilines is 1. The molecule has 0 radical (unpaired) electrons. The van der Waals surface area contributed by atoms with Gasteiger partial charge in [-0.3, -0.25) is 0 Å². The van der Waals surface area contributed by atoms with Crippen molar-refractivity contribution in [2.75, 3.05) is 11.4 Å².